The highest BCUT2D eigenvalue weighted by molar-refractivity contribution is 7.13. The van der Waals surface area contributed by atoms with Crippen molar-refractivity contribution in [1.82, 2.24) is 4.98 Å². The Kier molecular flexibility index (Phi) is 4.74. The molecule has 0 aliphatic carbocycles. The third kappa shape index (κ3) is 3.36. The van der Waals surface area contributed by atoms with Crippen molar-refractivity contribution in [3.8, 4) is 0 Å². The summed E-state index contributed by atoms with van der Waals surface area (Å²) < 4.78 is 4.64. The summed E-state index contributed by atoms with van der Waals surface area (Å²) in [4.78, 5) is 17.8. The molecular weight excluding hydrogens is 272 g/mol. The largest absolute Gasteiger partial charge is 0.469 e. The van der Waals surface area contributed by atoms with Crippen LogP contribution in [0, 0.1) is 6.92 Å². The fourth-order valence-corrected chi connectivity index (χ4v) is 2.78. The normalized spacial score (nSPS) is 10.3. The number of hydrogen-bond donors (Lipinski definition) is 0. The third-order valence-electron chi connectivity index (χ3n) is 3.12. The van der Waals surface area contributed by atoms with E-state index in [0.29, 0.717) is 12.8 Å². The number of ether oxygens (including phenoxy) is 1. The number of nitrogens with zero attached hydrogens (tertiary/aromatic N) is 2. The predicted octanol–water partition coefficient (Wildman–Crippen LogP) is 3.33. The van der Waals surface area contributed by atoms with Crippen LogP contribution < -0.4 is 4.90 Å². The summed E-state index contributed by atoms with van der Waals surface area (Å²) in [6.07, 6.45) is 0.985. The Hall–Kier alpha value is -1.88. The van der Waals surface area contributed by atoms with Crippen LogP contribution in [-0.4, -0.2) is 25.1 Å². The fourth-order valence-electron chi connectivity index (χ4n) is 1.94. The molecule has 0 saturated heterocycles. The van der Waals surface area contributed by atoms with E-state index in [0.717, 1.165) is 16.5 Å². The molecule has 0 saturated carbocycles. The number of rotatable bonds is 5. The molecule has 1 aromatic heterocycles. The molecule has 0 radical (unpaired) electrons. The molecule has 4 nitrogen and oxygen atoms in total. The SMILES string of the molecule is COC(=O)CCc1csc(N(C)c2ccccc2C)n1. The summed E-state index contributed by atoms with van der Waals surface area (Å²) in [7, 11) is 3.41. The van der Waals surface area contributed by atoms with Gasteiger partial charge >= 0.3 is 5.97 Å². The van der Waals surface area contributed by atoms with Gasteiger partial charge in [-0.3, -0.25) is 4.79 Å². The number of esters is 1. The number of thiazole rings is 1. The van der Waals surface area contributed by atoms with Gasteiger partial charge in [0, 0.05) is 24.5 Å². The Morgan fingerprint density at radius 3 is 2.85 bits per heavy atom. The van der Waals surface area contributed by atoms with Gasteiger partial charge in [-0.2, -0.15) is 0 Å². The number of anilines is 2. The molecule has 0 N–H and O–H groups in total. The van der Waals surface area contributed by atoms with Gasteiger partial charge in [0.2, 0.25) is 0 Å². The van der Waals surface area contributed by atoms with Crippen LogP contribution in [0.4, 0.5) is 10.8 Å². The second-order valence-corrected chi connectivity index (χ2v) is 5.38. The van der Waals surface area contributed by atoms with Crippen LogP contribution in [0.5, 0.6) is 0 Å². The molecule has 0 amide bonds. The van der Waals surface area contributed by atoms with E-state index in [9.17, 15) is 4.79 Å². The molecule has 0 spiro atoms. The number of aromatic nitrogens is 1. The van der Waals surface area contributed by atoms with Crippen LogP contribution in [0.3, 0.4) is 0 Å². The summed E-state index contributed by atoms with van der Waals surface area (Å²) in [5.41, 5.74) is 3.28. The Morgan fingerprint density at radius 2 is 2.15 bits per heavy atom. The highest BCUT2D eigenvalue weighted by atomic mass is 32.1. The van der Waals surface area contributed by atoms with Crippen molar-refractivity contribution in [3.05, 3.63) is 40.9 Å². The lowest BCUT2D eigenvalue weighted by Gasteiger charge is -2.18. The Bertz CT molecular complexity index is 595. The van der Waals surface area contributed by atoms with Crippen LogP contribution in [0.15, 0.2) is 29.6 Å². The maximum Gasteiger partial charge on any atom is 0.305 e. The number of aryl methyl sites for hydroxylation is 2. The smallest absolute Gasteiger partial charge is 0.305 e. The van der Waals surface area contributed by atoms with Crippen molar-refractivity contribution in [1.29, 1.82) is 0 Å². The van der Waals surface area contributed by atoms with Crippen molar-refractivity contribution in [2.45, 2.75) is 19.8 Å². The zero-order chi connectivity index (χ0) is 14.5. The monoisotopic (exact) mass is 290 g/mol. The fraction of sp³-hybridized carbons (Fsp3) is 0.333. The first-order chi connectivity index (χ1) is 9.61. The van der Waals surface area contributed by atoms with E-state index in [1.54, 1.807) is 11.3 Å². The first kappa shape index (κ1) is 14.5. The molecule has 2 rings (SSSR count). The van der Waals surface area contributed by atoms with Crippen molar-refractivity contribution in [2.75, 3.05) is 19.1 Å². The van der Waals surface area contributed by atoms with Gasteiger partial charge in [0.05, 0.1) is 19.2 Å². The molecular formula is C15H18N2O2S. The summed E-state index contributed by atoms with van der Waals surface area (Å²) in [6.45, 7) is 2.08. The van der Waals surface area contributed by atoms with E-state index in [2.05, 4.69) is 33.7 Å². The van der Waals surface area contributed by atoms with Crippen molar-refractivity contribution < 1.29 is 9.53 Å². The van der Waals surface area contributed by atoms with Crippen molar-refractivity contribution >= 4 is 28.1 Å². The van der Waals surface area contributed by atoms with Gasteiger partial charge in [-0.15, -0.1) is 11.3 Å². The average molecular weight is 290 g/mol. The lowest BCUT2D eigenvalue weighted by molar-refractivity contribution is -0.140. The highest BCUT2D eigenvalue weighted by Crippen LogP contribution is 2.29. The van der Waals surface area contributed by atoms with Gasteiger partial charge < -0.3 is 9.64 Å². The molecule has 0 bridgehead atoms. The van der Waals surface area contributed by atoms with Gasteiger partial charge in [0.25, 0.3) is 0 Å². The lowest BCUT2D eigenvalue weighted by atomic mass is 10.2. The molecule has 0 aliphatic rings. The first-order valence-electron chi connectivity index (χ1n) is 6.42. The molecule has 0 atom stereocenters. The van der Waals surface area contributed by atoms with E-state index < -0.39 is 0 Å². The summed E-state index contributed by atoms with van der Waals surface area (Å²) in [5, 5.41) is 2.92. The maximum atomic E-state index is 11.1. The molecule has 1 aromatic carbocycles. The second-order valence-electron chi connectivity index (χ2n) is 4.54. The molecule has 2 aromatic rings. The average Bonchev–Trinajstić information content (AvgIpc) is 2.93. The number of hydrogen-bond acceptors (Lipinski definition) is 5. The van der Waals surface area contributed by atoms with Gasteiger partial charge in [-0.25, -0.2) is 4.98 Å². The molecule has 20 heavy (non-hydrogen) atoms. The Balaban J connectivity index is 2.08. The van der Waals surface area contributed by atoms with Crippen LogP contribution in [0.2, 0.25) is 0 Å². The molecule has 106 valence electrons. The minimum Gasteiger partial charge on any atom is -0.469 e. The number of carbonyl (C=O) groups is 1. The van der Waals surface area contributed by atoms with Crippen LogP contribution in [0.1, 0.15) is 17.7 Å². The topological polar surface area (TPSA) is 42.4 Å². The van der Waals surface area contributed by atoms with Crippen LogP contribution in [-0.2, 0) is 16.0 Å². The molecule has 1 heterocycles. The third-order valence-corrected chi connectivity index (χ3v) is 4.08. The Morgan fingerprint density at radius 1 is 1.40 bits per heavy atom. The Labute approximate surface area is 123 Å². The number of methoxy groups -OCH3 is 1. The van der Waals surface area contributed by atoms with E-state index in [1.807, 2.05) is 24.6 Å². The second kappa shape index (κ2) is 6.52. The highest BCUT2D eigenvalue weighted by Gasteiger charge is 2.11. The number of para-hydroxylation sites is 1. The van der Waals surface area contributed by atoms with E-state index >= 15 is 0 Å². The summed E-state index contributed by atoms with van der Waals surface area (Å²) in [5.74, 6) is -0.202. The standard InChI is InChI=1S/C15H18N2O2S/c1-11-6-4-5-7-13(11)17(2)15-16-12(10-20-15)8-9-14(18)19-3/h4-7,10H,8-9H2,1-3H3. The summed E-state index contributed by atoms with van der Waals surface area (Å²) >= 11 is 1.58. The van der Waals surface area contributed by atoms with Crippen LogP contribution >= 0.6 is 11.3 Å². The van der Waals surface area contributed by atoms with E-state index in [4.69, 9.17) is 0 Å². The van der Waals surface area contributed by atoms with Gasteiger partial charge in [-0.05, 0) is 18.6 Å². The predicted molar refractivity (Wildman–Crippen MR) is 81.7 cm³/mol. The van der Waals surface area contributed by atoms with Gasteiger partial charge in [0.1, 0.15) is 0 Å². The van der Waals surface area contributed by atoms with Crippen molar-refractivity contribution in [3.63, 3.8) is 0 Å². The molecule has 0 fully saturated rings. The number of benzene rings is 1. The quantitative estimate of drug-likeness (QED) is 0.792. The first-order valence-corrected chi connectivity index (χ1v) is 7.30. The maximum absolute atomic E-state index is 11.1. The molecule has 0 unspecified atom stereocenters. The van der Waals surface area contributed by atoms with Crippen LogP contribution in [0.25, 0.3) is 0 Å². The number of carbonyl (C=O) groups excluding carboxylic acids is 1. The van der Waals surface area contributed by atoms with Gasteiger partial charge in [-0.1, -0.05) is 18.2 Å². The lowest BCUT2D eigenvalue weighted by Crippen LogP contribution is -2.10. The van der Waals surface area contributed by atoms with E-state index in [1.165, 1.54) is 12.7 Å². The summed E-state index contributed by atoms with van der Waals surface area (Å²) in [6, 6.07) is 8.20. The van der Waals surface area contributed by atoms with Crippen molar-refractivity contribution in [2.24, 2.45) is 0 Å². The molecule has 0 aliphatic heterocycles. The van der Waals surface area contributed by atoms with Gasteiger partial charge in [0.15, 0.2) is 5.13 Å². The minimum absolute atomic E-state index is 0.202. The minimum atomic E-state index is -0.202. The zero-order valence-corrected chi connectivity index (χ0v) is 12.7. The molecule has 5 heteroatoms. The van der Waals surface area contributed by atoms with E-state index in [-0.39, 0.29) is 5.97 Å². The zero-order valence-electron chi connectivity index (χ0n) is 11.9.